The number of amides is 3. The maximum atomic E-state index is 13.0. The van der Waals surface area contributed by atoms with Crippen LogP contribution in [0.5, 0.6) is 0 Å². The Balaban J connectivity index is 1.65. The van der Waals surface area contributed by atoms with Gasteiger partial charge < -0.3 is 10.4 Å². The molecule has 0 aromatic heterocycles. The second-order valence-corrected chi connectivity index (χ2v) is 6.74. The maximum absolute atomic E-state index is 13.0. The van der Waals surface area contributed by atoms with Crippen molar-refractivity contribution in [2.75, 3.05) is 11.9 Å². The van der Waals surface area contributed by atoms with Crippen molar-refractivity contribution in [3.63, 3.8) is 0 Å². The van der Waals surface area contributed by atoms with Crippen LogP contribution in [-0.4, -0.2) is 39.6 Å². The molecule has 3 rings (SSSR count). The summed E-state index contributed by atoms with van der Waals surface area (Å²) in [6.45, 7) is -0.480. The number of benzene rings is 2. The highest BCUT2D eigenvalue weighted by molar-refractivity contribution is 8.18. The summed E-state index contributed by atoms with van der Waals surface area (Å²) in [6, 6.07) is 10.9. The van der Waals surface area contributed by atoms with E-state index in [2.05, 4.69) is 5.32 Å². The molecule has 0 bridgehead atoms. The second kappa shape index (κ2) is 8.05. The molecule has 9 heteroatoms. The van der Waals surface area contributed by atoms with Crippen molar-refractivity contribution in [2.45, 2.75) is 0 Å². The number of aromatic carboxylic acids is 1. The Labute approximate surface area is 162 Å². The molecule has 1 aliphatic heterocycles. The molecule has 0 saturated carbocycles. The average Bonchev–Trinajstić information content (AvgIpc) is 2.91. The highest BCUT2D eigenvalue weighted by Crippen LogP contribution is 2.32. The van der Waals surface area contributed by atoms with E-state index in [9.17, 15) is 23.6 Å². The highest BCUT2D eigenvalue weighted by atomic mass is 32.2. The van der Waals surface area contributed by atoms with Crippen molar-refractivity contribution < 1.29 is 28.7 Å². The minimum atomic E-state index is -1.09. The van der Waals surface area contributed by atoms with E-state index in [1.54, 1.807) is 0 Å². The third-order valence-corrected chi connectivity index (χ3v) is 4.67. The summed E-state index contributed by atoms with van der Waals surface area (Å²) in [7, 11) is 0. The van der Waals surface area contributed by atoms with E-state index in [0.717, 1.165) is 4.90 Å². The van der Waals surface area contributed by atoms with Crippen LogP contribution in [-0.2, 0) is 9.59 Å². The number of rotatable bonds is 5. The van der Waals surface area contributed by atoms with E-state index in [0.29, 0.717) is 23.0 Å². The molecule has 0 aliphatic carbocycles. The van der Waals surface area contributed by atoms with Gasteiger partial charge in [-0.25, -0.2) is 9.18 Å². The van der Waals surface area contributed by atoms with Crippen molar-refractivity contribution >= 4 is 46.5 Å². The zero-order valence-electron chi connectivity index (χ0n) is 14.2. The Morgan fingerprint density at radius 3 is 2.32 bits per heavy atom. The standard InChI is InChI=1S/C19H13FN2O5S/c20-13-5-1-11(2-6-13)9-15-17(24)22(19(27)28-15)10-16(23)21-14-7-3-12(4-8-14)18(25)26/h1-9H,10H2,(H,21,23)(H,25,26)/b15-9-. The molecule has 0 spiro atoms. The van der Waals surface area contributed by atoms with E-state index in [4.69, 9.17) is 5.11 Å². The lowest BCUT2D eigenvalue weighted by Gasteiger charge is -2.12. The second-order valence-electron chi connectivity index (χ2n) is 5.75. The van der Waals surface area contributed by atoms with Crippen LogP contribution in [0, 0.1) is 5.82 Å². The van der Waals surface area contributed by atoms with Crippen LogP contribution >= 0.6 is 11.8 Å². The fourth-order valence-corrected chi connectivity index (χ4v) is 3.23. The molecule has 0 atom stereocenters. The van der Waals surface area contributed by atoms with Crippen molar-refractivity contribution in [1.82, 2.24) is 4.90 Å². The SMILES string of the molecule is O=C(CN1C(=O)S/C(=C\c2ccc(F)cc2)C1=O)Nc1ccc(C(=O)O)cc1. The molecule has 2 aromatic carbocycles. The largest absolute Gasteiger partial charge is 0.478 e. The number of nitrogens with one attached hydrogen (secondary N) is 1. The van der Waals surface area contributed by atoms with Crippen molar-refractivity contribution in [2.24, 2.45) is 0 Å². The Kier molecular flexibility index (Phi) is 5.55. The number of carbonyl (C=O) groups excluding carboxylic acids is 3. The summed E-state index contributed by atoms with van der Waals surface area (Å²) in [5, 5.41) is 10.8. The first-order valence-electron chi connectivity index (χ1n) is 7.97. The van der Waals surface area contributed by atoms with Gasteiger partial charge in [-0.05, 0) is 59.8 Å². The molecule has 1 aliphatic rings. The first kappa shape index (κ1) is 19.3. The van der Waals surface area contributed by atoms with Gasteiger partial charge in [-0.15, -0.1) is 0 Å². The molecule has 2 aromatic rings. The van der Waals surface area contributed by atoms with E-state index in [1.165, 1.54) is 54.6 Å². The Bertz CT molecular complexity index is 986. The first-order valence-corrected chi connectivity index (χ1v) is 8.79. The molecule has 142 valence electrons. The average molecular weight is 400 g/mol. The van der Waals surface area contributed by atoms with Crippen LogP contribution in [0.4, 0.5) is 14.9 Å². The van der Waals surface area contributed by atoms with Gasteiger partial charge in [-0.3, -0.25) is 19.3 Å². The maximum Gasteiger partial charge on any atom is 0.335 e. The lowest BCUT2D eigenvalue weighted by atomic mass is 10.2. The van der Waals surface area contributed by atoms with Crippen LogP contribution in [0.15, 0.2) is 53.4 Å². The van der Waals surface area contributed by atoms with E-state index in [-0.39, 0.29) is 10.5 Å². The number of anilines is 1. The lowest BCUT2D eigenvalue weighted by Crippen LogP contribution is -2.36. The van der Waals surface area contributed by atoms with Crippen LogP contribution in [0.3, 0.4) is 0 Å². The molecular formula is C19H13FN2O5S. The highest BCUT2D eigenvalue weighted by Gasteiger charge is 2.36. The van der Waals surface area contributed by atoms with Crippen LogP contribution in [0.2, 0.25) is 0 Å². The summed E-state index contributed by atoms with van der Waals surface area (Å²) < 4.78 is 13.0. The molecule has 0 radical (unpaired) electrons. The Morgan fingerprint density at radius 2 is 1.71 bits per heavy atom. The number of hydrogen-bond acceptors (Lipinski definition) is 5. The number of hydrogen-bond donors (Lipinski definition) is 2. The van der Waals surface area contributed by atoms with Crippen LogP contribution < -0.4 is 5.32 Å². The zero-order valence-corrected chi connectivity index (χ0v) is 15.0. The minimum absolute atomic E-state index is 0.0647. The molecule has 7 nitrogen and oxygen atoms in total. The quantitative estimate of drug-likeness (QED) is 0.747. The molecule has 1 heterocycles. The Hall–Kier alpha value is -3.46. The summed E-state index contributed by atoms with van der Waals surface area (Å²) in [6.07, 6.45) is 1.45. The summed E-state index contributed by atoms with van der Waals surface area (Å²) in [4.78, 5) is 48.4. The number of thioether (sulfide) groups is 1. The predicted molar refractivity (Wildman–Crippen MR) is 101 cm³/mol. The minimum Gasteiger partial charge on any atom is -0.478 e. The number of imide groups is 1. The molecule has 0 unspecified atom stereocenters. The van der Waals surface area contributed by atoms with Gasteiger partial charge >= 0.3 is 5.97 Å². The Morgan fingerprint density at radius 1 is 1.07 bits per heavy atom. The molecule has 3 amide bonds. The topological polar surface area (TPSA) is 104 Å². The van der Waals surface area contributed by atoms with E-state index >= 15 is 0 Å². The normalized spacial score (nSPS) is 15.2. The van der Waals surface area contributed by atoms with Crippen molar-refractivity contribution in [3.8, 4) is 0 Å². The third kappa shape index (κ3) is 4.44. The molecule has 28 heavy (non-hydrogen) atoms. The first-order chi connectivity index (χ1) is 13.3. The van der Waals surface area contributed by atoms with Gasteiger partial charge in [0.05, 0.1) is 10.5 Å². The fourth-order valence-electron chi connectivity index (χ4n) is 2.39. The van der Waals surface area contributed by atoms with Gasteiger partial charge in [-0.1, -0.05) is 12.1 Å². The zero-order chi connectivity index (χ0) is 20.3. The number of carboxylic acid groups (broad SMARTS) is 1. The number of carbonyl (C=O) groups is 4. The van der Waals surface area contributed by atoms with E-state index in [1.807, 2.05) is 0 Å². The van der Waals surface area contributed by atoms with Gasteiger partial charge in [0.15, 0.2) is 0 Å². The molecular weight excluding hydrogens is 387 g/mol. The lowest BCUT2D eigenvalue weighted by molar-refractivity contribution is -0.127. The molecule has 2 N–H and O–H groups in total. The fraction of sp³-hybridized carbons (Fsp3) is 0.0526. The van der Waals surface area contributed by atoms with E-state index < -0.39 is 35.4 Å². The van der Waals surface area contributed by atoms with Crippen molar-refractivity contribution in [3.05, 3.63) is 70.4 Å². The molecule has 1 fully saturated rings. The van der Waals surface area contributed by atoms with Crippen molar-refractivity contribution in [1.29, 1.82) is 0 Å². The molecule has 1 saturated heterocycles. The predicted octanol–water partition coefficient (Wildman–Crippen LogP) is 3.20. The number of nitrogens with zero attached hydrogens (tertiary/aromatic N) is 1. The number of halogens is 1. The van der Waals surface area contributed by atoms with Crippen LogP contribution in [0.25, 0.3) is 6.08 Å². The summed E-state index contributed by atoms with van der Waals surface area (Å²) in [5.74, 6) is -2.73. The van der Waals surface area contributed by atoms with Gasteiger partial charge in [0.1, 0.15) is 12.4 Å². The number of carboxylic acids is 1. The van der Waals surface area contributed by atoms with Gasteiger partial charge in [-0.2, -0.15) is 0 Å². The van der Waals surface area contributed by atoms with Crippen LogP contribution in [0.1, 0.15) is 15.9 Å². The van der Waals surface area contributed by atoms with Gasteiger partial charge in [0.2, 0.25) is 5.91 Å². The summed E-state index contributed by atoms with van der Waals surface area (Å²) in [5.41, 5.74) is 0.952. The van der Waals surface area contributed by atoms with Gasteiger partial charge in [0, 0.05) is 5.69 Å². The summed E-state index contributed by atoms with van der Waals surface area (Å²) >= 11 is 0.694. The third-order valence-electron chi connectivity index (χ3n) is 3.76. The monoisotopic (exact) mass is 400 g/mol. The van der Waals surface area contributed by atoms with Gasteiger partial charge in [0.25, 0.3) is 11.1 Å². The smallest absolute Gasteiger partial charge is 0.335 e.